The summed E-state index contributed by atoms with van der Waals surface area (Å²) in [4.78, 5) is 2.33. The highest BCUT2D eigenvalue weighted by Gasteiger charge is 2.22. The summed E-state index contributed by atoms with van der Waals surface area (Å²) < 4.78 is 5.72. The fourth-order valence-corrected chi connectivity index (χ4v) is 2.08. The monoisotopic (exact) mass is 234 g/mol. The number of anilines is 2. The van der Waals surface area contributed by atoms with Gasteiger partial charge < -0.3 is 15.4 Å². The molecule has 1 aliphatic rings. The molecule has 0 amide bonds. The zero-order valence-electron chi connectivity index (χ0n) is 10.9. The van der Waals surface area contributed by atoms with Crippen LogP contribution in [-0.2, 0) is 0 Å². The highest BCUT2D eigenvalue weighted by Crippen LogP contribution is 2.32. The van der Waals surface area contributed by atoms with Crippen molar-refractivity contribution in [1.29, 1.82) is 0 Å². The minimum absolute atomic E-state index is 0.154. The molecule has 1 aromatic rings. The molecule has 3 heteroatoms. The van der Waals surface area contributed by atoms with Crippen molar-refractivity contribution in [3.05, 3.63) is 18.2 Å². The van der Waals surface area contributed by atoms with Gasteiger partial charge in [0, 0.05) is 24.8 Å². The van der Waals surface area contributed by atoms with Crippen LogP contribution in [0.4, 0.5) is 11.4 Å². The molecule has 2 rings (SSSR count). The smallest absolute Gasteiger partial charge is 0.144 e. The second kappa shape index (κ2) is 4.86. The molecular weight excluding hydrogens is 212 g/mol. The fraction of sp³-hybridized carbons (Fsp3) is 0.571. The second-order valence-corrected chi connectivity index (χ2v) is 5.08. The van der Waals surface area contributed by atoms with Crippen molar-refractivity contribution in [1.82, 2.24) is 0 Å². The van der Waals surface area contributed by atoms with Crippen molar-refractivity contribution in [3.8, 4) is 5.75 Å². The second-order valence-electron chi connectivity index (χ2n) is 5.08. The van der Waals surface area contributed by atoms with Crippen LogP contribution in [-0.4, -0.2) is 19.2 Å². The first-order valence-corrected chi connectivity index (χ1v) is 6.37. The molecule has 94 valence electrons. The predicted molar refractivity (Wildman–Crippen MR) is 72.7 cm³/mol. The van der Waals surface area contributed by atoms with Crippen molar-refractivity contribution in [3.63, 3.8) is 0 Å². The van der Waals surface area contributed by atoms with E-state index in [-0.39, 0.29) is 6.10 Å². The van der Waals surface area contributed by atoms with Gasteiger partial charge in [-0.25, -0.2) is 0 Å². The van der Waals surface area contributed by atoms with Crippen LogP contribution in [0.25, 0.3) is 0 Å². The minimum atomic E-state index is 0.154. The van der Waals surface area contributed by atoms with E-state index in [1.165, 1.54) is 24.9 Å². The Hall–Kier alpha value is -1.38. The molecule has 0 spiro atoms. The zero-order valence-corrected chi connectivity index (χ0v) is 10.9. The van der Waals surface area contributed by atoms with E-state index in [4.69, 9.17) is 10.5 Å². The number of hydrogen-bond acceptors (Lipinski definition) is 3. The molecule has 0 bridgehead atoms. The van der Waals surface area contributed by atoms with Gasteiger partial charge in [-0.1, -0.05) is 0 Å². The van der Waals surface area contributed by atoms with Crippen molar-refractivity contribution in [2.45, 2.75) is 45.3 Å². The highest BCUT2D eigenvalue weighted by atomic mass is 16.5. The third-order valence-electron chi connectivity index (χ3n) is 3.39. The van der Waals surface area contributed by atoms with Crippen molar-refractivity contribution >= 4 is 11.4 Å². The van der Waals surface area contributed by atoms with Crippen LogP contribution >= 0.6 is 0 Å². The lowest BCUT2D eigenvalue weighted by Crippen LogP contribution is -2.37. The summed E-state index contributed by atoms with van der Waals surface area (Å²) in [7, 11) is 2.15. The molecule has 0 aromatic heterocycles. The Labute approximate surface area is 104 Å². The average Bonchev–Trinajstić information content (AvgIpc) is 2.18. The van der Waals surface area contributed by atoms with E-state index in [0.29, 0.717) is 11.7 Å². The van der Waals surface area contributed by atoms with Crippen LogP contribution < -0.4 is 15.4 Å². The Morgan fingerprint density at radius 2 is 2.06 bits per heavy atom. The van der Waals surface area contributed by atoms with E-state index in [0.717, 1.165) is 5.75 Å². The number of nitrogens with two attached hydrogens (primary N) is 1. The first kappa shape index (κ1) is 12.1. The van der Waals surface area contributed by atoms with Gasteiger partial charge in [0.05, 0.1) is 11.8 Å². The molecular formula is C14H22N2O. The maximum atomic E-state index is 5.92. The molecule has 1 saturated carbocycles. The van der Waals surface area contributed by atoms with E-state index in [9.17, 15) is 0 Å². The van der Waals surface area contributed by atoms with Gasteiger partial charge in [-0.3, -0.25) is 0 Å². The quantitative estimate of drug-likeness (QED) is 0.814. The van der Waals surface area contributed by atoms with Crippen LogP contribution in [0.2, 0.25) is 0 Å². The lowest BCUT2D eigenvalue weighted by atomic mass is 9.91. The molecule has 1 aromatic carbocycles. The summed E-state index contributed by atoms with van der Waals surface area (Å²) in [6.45, 7) is 4.03. The number of nitrogen functional groups attached to an aromatic ring is 1. The largest absolute Gasteiger partial charge is 0.489 e. The van der Waals surface area contributed by atoms with Crippen LogP contribution in [0.5, 0.6) is 5.75 Å². The van der Waals surface area contributed by atoms with Crippen LogP contribution in [0.15, 0.2) is 18.2 Å². The third kappa shape index (κ3) is 2.65. The van der Waals surface area contributed by atoms with Gasteiger partial charge >= 0.3 is 0 Å². The molecule has 3 nitrogen and oxygen atoms in total. The summed E-state index contributed by atoms with van der Waals surface area (Å²) >= 11 is 0. The molecule has 0 aliphatic heterocycles. The summed E-state index contributed by atoms with van der Waals surface area (Å²) in [6.07, 6.45) is 4.09. The van der Waals surface area contributed by atoms with Crippen molar-refractivity contribution in [2.75, 3.05) is 17.7 Å². The van der Waals surface area contributed by atoms with Crippen LogP contribution in [0.3, 0.4) is 0 Å². The fourth-order valence-electron chi connectivity index (χ4n) is 2.08. The van der Waals surface area contributed by atoms with E-state index in [2.05, 4.69) is 18.0 Å². The Morgan fingerprint density at radius 3 is 2.59 bits per heavy atom. The van der Waals surface area contributed by atoms with Crippen molar-refractivity contribution < 1.29 is 4.74 Å². The topological polar surface area (TPSA) is 38.5 Å². The molecule has 1 aliphatic carbocycles. The number of benzene rings is 1. The normalized spacial score (nSPS) is 15.8. The average molecular weight is 234 g/mol. The Balaban J connectivity index is 2.17. The molecule has 0 radical (unpaired) electrons. The van der Waals surface area contributed by atoms with Gasteiger partial charge in [-0.05, 0) is 45.2 Å². The zero-order chi connectivity index (χ0) is 12.4. The molecule has 0 atom stereocenters. The lowest BCUT2D eigenvalue weighted by Gasteiger charge is -2.36. The first-order chi connectivity index (χ1) is 8.08. The van der Waals surface area contributed by atoms with Gasteiger partial charge in [0.2, 0.25) is 0 Å². The molecule has 17 heavy (non-hydrogen) atoms. The maximum absolute atomic E-state index is 5.92. The lowest BCUT2D eigenvalue weighted by molar-refractivity contribution is 0.244. The SMILES string of the molecule is CC(C)Oc1cc(N(C)C2CCC2)ccc1N. The Bertz CT molecular complexity index is 386. The number of nitrogens with zero attached hydrogens (tertiary/aromatic N) is 1. The summed E-state index contributed by atoms with van der Waals surface area (Å²) in [5, 5.41) is 0. The summed E-state index contributed by atoms with van der Waals surface area (Å²) in [5.41, 5.74) is 7.82. The van der Waals surface area contributed by atoms with Crippen LogP contribution in [0.1, 0.15) is 33.1 Å². The predicted octanol–water partition coefficient (Wildman–Crippen LogP) is 3.04. The molecule has 0 heterocycles. The number of rotatable bonds is 4. The highest BCUT2D eigenvalue weighted by molar-refractivity contribution is 5.62. The summed E-state index contributed by atoms with van der Waals surface area (Å²) in [6, 6.07) is 6.74. The van der Waals surface area contributed by atoms with E-state index < -0.39 is 0 Å². The van der Waals surface area contributed by atoms with Crippen LogP contribution in [0, 0.1) is 0 Å². The van der Waals surface area contributed by atoms with Crippen molar-refractivity contribution in [2.24, 2.45) is 0 Å². The Morgan fingerprint density at radius 1 is 1.35 bits per heavy atom. The number of ether oxygens (including phenoxy) is 1. The third-order valence-corrected chi connectivity index (χ3v) is 3.39. The van der Waals surface area contributed by atoms with Gasteiger partial charge in [-0.15, -0.1) is 0 Å². The molecule has 0 unspecified atom stereocenters. The Kier molecular flexibility index (Phi) is 3.46. The standard InChI is InChI=1S/C14H22N2O/c1-10(2)17-14-9-12(7-8-13(14)15)16(3)11-5-4-6-11/h7-11H,4-6,15H2,1-3H3. The van der Waals surface area contributed by atoms with E-state index in [1.54, 1.807) is 0 Å². The first-order valence-electron chi connectivity index (χ1n) is 6.37. The molecule has 1 fully saturated rings. The summed E-state index contributed by atoms with van der Waals surface area (Å²) in [5.74, 6) is 0.795. The van der Waals surface area contributed by atoms with Gasteiger partial charge in [-0.2, -0.15) is 0 Å². The van der Waals surface area contributed by atoms with E-state index in [1.807, 2.05) is 26.0 Å². The van der Waals surface area contributed by atoms with Gasteiger partial charge in [0.25, 0.3) is 0 Å². The minimum Gasteiger partial charge on any atom is -0.489 e. The van der Waals surface area contributed by atoms with Gasteiger partial charge in [0.1, 0.15) is 5.75 Å². The maximum Gasteiger partial charge on any atom is 0.144 e. The number of hydrogen-bond donors (Lipinski definition) is 1. The molecule has 0 saturated heterocycles. The van der Waals surface area contributed by atoms with Gasteiger partial charge in [0.15, 0.2) is 0 Å². The van der Waals surface area contributed by atoms with E-state index >= 15 is 0 Å². The molecule has 2 N–H and O–H groups in total.